The van der Waals surface area contributed by atoms with Crippen molar-refractivity contribution in [2.45, 2.75) is 31.0 Å². The second-order valence-corrected chi connectivity index (χ2v) is 2.86. The lowest BCUT2D eigenvalue weighted by Crippen LogP contribution is -2.57. The molecule has 0 aromatic carbocycles. The molecule has 2 unspecified atom stereocenters. The normalized spacial score (nSPS) is 47.8. The van der Waals surface area contributed by atoms with Gasteiger partial charge in [-0.25, -0.2) is 4.79 Å². The Bertz CT molecular complexity index is 208. The molecule has 0 aromatic heterocycles. The largest absolute Gasteiger partial charge is 0.478 e. The molecule has 1 saturated heterocycles. The number of carboxylic acid groups (broad SMARTS) is 1. The zero-order chi connectivity index (χ0) is 9.52. The van der Waals surface area contributed by atoms with Gasteiger partial charge in [0.1, 0.15) is 12.2 Å². The number of carbonyl (C=O) groups is 1. The van der Waals surface area contributed by atoms with Crippen molar-refractivity contribution < 1.29 is 24.9 Å². The minimum atomic E-state index is -2.18. The summed E-state index contributed by atoms with van der Waals surface area (Å²) >= 11 is 0. The molecule has 1 rings (SSSR count). The molecule has 0 amide bonds. The maximum absolute atomic E-state index is 10.5. The highest BCUT2D eigenvalue weighted by molar-refractivity contribution is 5.78. The molecule has 0 spiro atoms. The maximum Gasteiger partial charge on any atom is 0.354 e. The molecule has 6 nitrogen and oxygen atoms in total. The van der Waals surface area contributed by atoms with Crippen LogP contribution in [0.4, 0.5) is 0 Å². The predicted octanol–water partition coefficient (Wildman–Crippen LogP) is -2.13. The van der Waals surface area contributed by atoms with Gasteiger partial charge >= 0.3 is 5.97 Å². The first-order valence-corrected chi connectivity index (χ1v) is 3.46. The Morgan fingerprint density at radius 3 is 2.25 bits per heavy atom. The second-order valence-electron chi connectivity index (χ2n) is 2.86. The summed E-state index contributed by atoms with van der Waals surface area (Å²) in [7, 11) is 0. The molecule has 0 saturated carbocycles. The number of carboxylic acids is 1. The minimum absolute atomic E-state index is 0.777. The van der Waals surface area contributed by atoms with Gasteiger partial charge in [0.15, 0.2) is 0 Å². The summed E-state index contributed by atoms with van der Waals surface area (Å²) < 4.78 is 4.71. The van der Waals surface area contributed by atoms with E-state index >= 15 is 0 Å². The van der Waals surface area contributed by atoms with E-state index in [1.54, 1.807) is 0 Å². The smallest absolute Gasteiger partial charge is 0.354 e. The maximum atomic E-state index is 10.5. The summed E-state index contributed by atoms with van der Waals surface area (Å²) in [5.74, 6) is -1.49. The van der Waals surface area contributed by atoms with Crippen LogP contribution in [0.25, 0.3) is 0 Å². The summed E-state index contributed by atoms with van der Waals surface area (Å²) in [6, 6.07) is 0. The van der Waals surface area contributed by atoms with Gasteiger partial charge in [-0.1, -0.05) is 0 Å². The summed E-state index contributed by atoms with van der Waals surface area (Å²) in [5, 5.41) is 26.9. The Labute approximate surface area is 68.6 Å². The molecule has 1 fully saturated rings. The number of ether oxygens (including phenoxy) is 1. The topological polar surface area (TPSA) is 113 Å². The second kappa shape index (κ2) is 2.67. The summed E-state index contributed by atoms with van der Waals surface area (Å²) in [6.07, 6.45) is -3.63. The molecule has 70 valence electrons. The molecule has 1 aliphatic heterocycles. The van der Waals surface area contributed by atoms with Crippen molar-refractivity contribution in [1.82, 2.24) is 0 Å². The number of nitrogens with two attached hydrogens (primary N) is 1. The quantitative estimate of drug-likeness (QED) is 0.364. The molecule has 0 radical (unpaired) electrons. The molecule has 0 bridgehead atoms. The van der Waals surface area contributed by atoms with Crippen molar-refractivity contribution in [1.29, 1.82) is 0 Å². The van der Waals surface area contributed by atoms with Crippen molar-refractivity contribution in [3.63, 3.8) is 0 Å². The van der Waals surface area contributed by atoms with E-state index in [9.17, 15) is 9.90 Å². The van der Waals surface area contributed by atoms with Crippen LogP contribution in [0.15, 0.2) is 0 Å². The fraction of sp³-hybridized carbons (Fsp3) is 0.833. The lowest BCUT2D eigenvalue weighted by atomic mass is 10.0. The van der Waals surface area contributed by atoms with Crippen LogP contribution in [-0.2, 0) is 9.53 Å². The average molecular weight is 177 g/mol. The van der Waals surface area contributed by atoms with Crippen molar-refractivity contribution in [3.05, 3.63) is 0 Å². The molecule has 1 aliphatic rings. The van der Waals surface area contributed by atoms with Crippen LogP contribution in [0.1, 0.15) is 6.92 Å². The standard InChI is InChI=1S/C6H11NO5/c1-2-3(8)4(9)6(7,12-2)5(10)11/h2-4,8-9H,7H2,1H3,(H,10,11)/t2-,3?,4?,6-/m0/s1. The summed E-state index contributed by atoms with van der Waals surface area (Å²) in [5.41, 5.74) is 3.01. The third kappa shape index (κ3) is 1.09. The van der Waals surface area contributed by atoms with Gasteiger partial charge in [0, 0.05) is 0 Å². The van der Waals surface area contributed by atoms with Gasteiger partial charge < -0.3 is 20.1 Å². The number of rotatable bonds is 1. The average Bonchev–Trinajstić information content (AvgIpc) is 2.17. The number of aliphatic hydroxyl groups is 2. The molecule has 4 atom stereocenters. The van der Waals surface area contributed by atoms with Crippen molar-refractivity contribution in [2.24, 2.45) is 5.73 Å². The van der Waals surface area contributed by atoms with Crippen LogP contribution in [0.3, 0.4) is 0 Å². The van der Waals surface area contributed by atoms with Gasteiger partial charge in [-0.15, -0.1) is 0 Å². The Morgan fingerprint density at radius 2 is 2.08 bits per heavy atom. The van der Waals surface area contributed by atoms with E-state index in [0.717, 1.165) is 0 Å². The van der Waals surface area contributed by atoms with E-state index in [1.807, 2.05) is 0 Å². The Kier molecular flexibility index (Phi) is 2.09. The zero-order valence-corrected chi connectivity index (χ0v) is 6.47. The third-order valence-electron chi connectivity index (χ3n) is 1.96. The molecule has 12 heavy (non-hydrogen) atoms. The lowest BCUT2D eigenvalue weighted by Gasteiger charge is -2.21. The number of hydrogen-bond acceptors (Lipinski definition) is 5. The van der Waals surface area contributed by atoms with Gasteiger partial charge in [0.05, 0.1) is 6.10 Å². The van der Waals surface area contributed by atoms with Gasteiger partial charge in [0.25, 0.3) is 0 Å². The first kappa shape index (κ1) is 9.40. The van der Waals surface area contributed by atoms with E-state index in [1.165, 1.54) is 6.92 Å². The molecular weight excluding hydrogens is 166 g/mol. The Balaban J connectivity index is 2.89. The number of aliphatic carboxylic acids is 1. The SMILES string of the molecule is C[C@@H]1O[C@](N)(C(=O)O)C(O)C1O. The predicted molar refractivity (Wildman–Crippen MR) is 37.1 cm³/mol. The van der Waals surface area contributed by atoms with E-state index in [0.29, 0.717) is 0 Å². The van der Waals surface area contributed by atoms with Crippen LogP contribution >= 0.6 is 0 Å². The van der Waals surface area contributed by atoms with Gasteiger partial charge in [-0.2, -0.15) is 0 Å². The van der Waals surface area contributed by atoms with Gasteiger partial charge in [-0.3, -0.25) is 5.73 Å². The van der Waals surface area contributed by atoms with Crippen LogP contribution in [-0.4, -0.2) is 45.3 Å². The van der Waals surface area contributed by atoms with Crippen LogP contribution in [0.2, 0.25) is 0 Å². The highest BCUT2D eigenvalue weighted by Crippen LogP contribution is 2.26. The van der Waals surface area contributed by atoms with Crippen LogP contribution in [0, 0.1) is 0 Å². The minimum Gasteiger partial charge on any atom is -0.478 e. The monoisotopic (exact) mass is 177 g/mol. The van der Waals surface area contributed by atoms with Crippen molar-refractivity contribution >= 4 is 5.97 Å². The molecular formula is C6H11NO5. The Hall–Kier alpha value is -0.690. The van der Waals surface area contributed by atoms with E-state index in [-0.39, 0.29) is 0 Å². The lowest BCUT2D eigenvalue weighted by molar-refractivity contribution is -0.171. The highest BCUT2D eigenvalue weighted by Gasteiger charge is 2.55. The summed E-state index contributed by atoms with van der Waals surface area (Å²) in [6.45, 7) is 1.44. The third-order valence-corrected chi connectivity index (χ3v) is 1.96. The summed E-state index contributed by atoms with van der Waals surface area (Å²) in [4.78, 5) is 10.5. The van der Waals surface area contributed by atoms with Crippen molar-refractivity contribution in [2.75, 3.05) is 0 Å². The molecule has 5 N–H and O–H groups in total. The van der Waals surface area contributed by atoms with Crippen LogP contribution < -0.4 is 5.73 Å². The van der Waals surface area contributed by atoms with E-state index in [4.69, 9.17) is 20.7 Å². The molecule has 0 aliphatic carbocycles. The van der Waals surface area contributed by atoms with Gasteiger partial charge in [-0.05, 0) is 6.92 Å². The first-order chi connectivity index (χ1) is 5.39. The zero-order valence-electron chi connectivity index (χ0n) is 6.47. The van der Waals surface area contributed by atoms with E-state index in [2.05, 4.69) is 0 Å². The Morgan fingerprint density at radius 1 is 1.58 bits per heavy atom. The fourth-order valence-electron chi connectivity index (χ4n) is 1.13. The number of hydrogen-bond donors (Lipinski definition) is 4. The fourth-order valence-corrected chi connectivity index (χ4v) is 1.13. The molecule has 1 heterocycles. The first-order valence-electron chi connectivity index (χ1n) is 3.46. The molecule has 6 heteroatoms. The highest BCUT2D eigenvalue weighted by atomic mass is 16.6. The number of aliphatic hydroxyl groups excluding tert-OH is 2. The van der Waals surface area contributed by atoms with Crippen LogP contribution in [0.5, 0.6) is 0 Å². The van der Waals surface area contributed by atoms with Gasteiger partial charge in [0.2, 0.25) is 5.72 Å². The molecule has 0 aromatic rings. The van der Waals surface area contributed by atoms with Crippen molar-refractivity contribution in [3.8, 4) is 0 Å². The van der Waals surface area contributed by atoms with E-state index < -0.39 is 30.0 Å².